The van der Waals surface area contributed by atoms with Gasteiger partial charge in [0, 0.05) is 27.9 Å². The van der Waals surface area contributed by atoms with E-state index in [1.54, 1.807) is 12.1 Å². The van der Waals surface area contributed by atoms with Crippen LogP contribution in [-0.4, -0.2) is 16.6 Å². The molecule has 3 heteroatoms. The standard InChI is InChI=1S/C26H17NO2/c1-16-21(25(28)18-12-6-3-7-13-18)22(17-10-4-2-5-11-17)23-24(27-16)19-14-8-9-15-20(19)26(23)29/h2-15H,1H3. The zero-order chi connectivity index (χ0) is 20.0. The van der Waals surface area contributed by atoms with Gasteiger partial charge >= 0.3 is 0 Å². The summed E-state index contributed by atoms with van der Waals surface area (Å²) in [7, 11) is 0. The highest BCUT2D eigenvalue weighted by molar-refractivity contribution is 6.27. The highest BCUT2D eigenvalue weighted by Gasteiger charge is 2.34. The van der Waals surface area contributed by atoms with Crippen molar-refractivity contribution in [2.45, 2.75) is 6.92 Å². The molecule has 3 aromatic carbocycles. The Labute approximate surface area is 168 Å². The van der Waals surface area contributed by atoms with Gasteiger partial charge in [0.1, 0.15) is 0 Å². The van der Waals surface area contributed by atoms with Crippen LogP contribution >= 0.6 is 0 Å². The summed E-state index contributed by atoms with van der Waals surface area (Å²) < 4.78 is 0. The van der Waals surface area contributed by atoms with Crippen molar-refractivity contribution in [2.75, 3.05) is 0 Å². The van der Waals surface area contributed by atoms with Crippen molar-refractivity contribution in [3.05, 3.63) is 113 Å². The number of fused-ring (bicyclic) bond motifs is 3. The minimum absolute atomic E-state index is 0.0796. The Bertz CT molecular complexity index is 1280. The molecular weight excluding hydrogens is 358 g/mol. The fourth-order valence-electron chi connectivity index (χ4n) is 4.05. The predicted molar refractivity (Wildman–Crippen MR) is 113 cm³/mol. The van der Waals surface area contributed by atoms with Gasteiger partial charge in [0.2, 0.25) is 0 Å². The number of hydrogen-bond donors (Lipinski definition) is 0. The van der Waals surface area contributed by atoms with Crippen LogP contribution in [0.1, 0.15) is 37.5 Å². The Balaban J connectivity index is 1.86. The number of nitrogens with zero attached hydrogens (tertiary/aromatic N) is 1. The van der Waals surface area contributed by atoms with Crippen LogP contribution in [0.5, 0.6) is 0 Å². The van der Waals surface area contributed by atoms with Gasteiger partial charge in [-0.25, -0.2) is 0 Å². The lowest BCUT2D eigenvalue weighted by atomic mass is 9.88. The predicted octanol–water partition coefficient (Wildman–Crippen LogP) is 5.50. The summed E-state index contributed by atoms with van der Waals surface area (Å²) in [6, 6.07) is 26.3. The van der Waals surface area contributed by atoms with Crippen LogP contribution in [0.15, 0.2) is 84.9 Å². The Morgan fingerprint density at radius 1 is 0.724 bits per heavy atom. The highest BCUT2D eigenvalue weighted by Crippen LogP contribution is 2.43. The molecule has 1 heterocycles. The van der Waals surface area contributed by atoms with Crippen molar-refractivity contribution in [2.24, 2.45) is 0 Å². The molecular formula is C26H17NO2. The van der Waals surface area contributed by atoms with E-state index in [1.165, 1.54) is 0 Å². The van der Waals surface area contributed by atoms with E-state index >= 15 is 0 Å². The molecule has 0 atom stereocenters. The third-order valence-corrected chi connectivity index (χ3v) is 5.36. The fraction of sp³-hybridized carbons (Fsp3) is 0.0385. The van der Waals surface area contributed by atoms with E-state index in [-0.39, 0.29) is 11.6 Å². The Kier molecular flexibility index (Phi) is 3.95. The largest absolute Gasteiger partial charge is 0.289 e. The van der Waals surface area contributed by atoms with Crippen LogP contribution in [0.25, 0.3) is 22.4 Å². The zero-order valence-corrected chi connectivity index (χ0v) is 15.8. The van der Waals surface area contributed by atoms with E-state index < -0.39 is 0 Å². The first-order valence-corrected chi connectivity index (χ1v) is 9.50. The maximum absolute atomic E-state index is 13.5. The van der Waals surface area contributed by atoms with Gasteiger partial charge in [0.15, 0.2) is 11.6 Å². The van der Waals surface area contributed by atoms with E-state index in [9.17, 15) is 9.59 Å². The molecule has 0 unspecified atom stereocenters. The maximum Gasteiger partial charge on any atom is 0.196 e. The first-order chi connectivity index (χ1) is 14.2. The summed E-state index contributed by atoms with van der Waals surface area (Å²) >= 11 is 0. The first-order valence-electron chi connectivity index (χ1n) is 9.50. The van der Waals surface area contributed by atoms with E-state index in [2.05, 4.69) is 0 Å². The molecule has 0 saturated carbocycles. The van der Waals surface area contributed by atoms with E-state index in [4.69, 9.17) is 4.98 Å². The molecule has 4 aromatic rings. The molecule has 0 N–H and O–H groups in total. The van der Waals surface area contributed by atoms with Gasteiger partial charge in [-0.15, -0.1) is 0 Å². The van der Waals surface area contributed by atoms with E-state index in [0.29, 0.717) is 39.2 Å². The molecule has 3 nitrogen and oxygen atoms in total. The van der Waals surface area contributed by atoms with Crippen molar-refractivity contribution in [3.63, 3.8) is 0 Å². The van der Waals surface area contributed by atoms with Gasteiger partial charge in [-0.05, 0) is 12.5 Å². The number of benzene rings is 3. The number of carbonyl (C=O) groups excluding carboxylic acids is 2. The van der Waals surface area contributed by atoms with Crippen molar-refractivity contribution in [1.29, 1.82) is 0 Å². The number of aromatic nitrogens is 1. The van der Waals surface area contributed by atoms with Crippen LogP contribution < -0.4 is 0 Å². The normalized spacial score (nSPS) is 11.8. The zero-order valence-electron chi connectivity index (χ0n) is 15.8. The number of rotatable bonds is 3. The number of aryl methyl sites for hydroxylation is 1. The summed E-state index contributed by atoms with van der Waals surface area (Å²) in [6.07, 6.45) is 0. The van der Waals surface area contributed by atoms with Crippen molar-refractivity contribution in [3.8, 4) is 22.4 Å². The summed E-state index contributed by atoms with van der Waals surface area (Å²) in [5.74, 6) is -0.204. The molecule has 0 spiro atoms. The fourth-order valence-corrected chi connectivity index (χ4v) is 4.05. The van der Waals surface area contributed by atoms with Gasteiger partial charge < -0.3 is 0 Å². The van der Waals surface area contributed by atoms with Crippen LogP contribution in [0.3, 0.4) is 0 Å². The van der Waals surface area contributed by atoms with Gasteiger partial charge in [-0.3, -0.25) is 14.6 Å². The van der Waals surface area contributed by atoms with Gasteiger partial charge in [0.05, 0.1) is 16.8 Å². The maximum atomic E-state index is 13.5. The van der Waals surface area contributed by atoms with Crippen molar-refractivity contribution >= 4 is 11.6 Å². The molecule has 29 heavy (non-hydrogen) atoms. The van der Waals surface area contributed by atoms with Gasteiger partial charge in [-0.2, -0.15) is 0 Å². The van der Waals surface area contributed by atoms with E-state index in [0.717, 1.165) is 11.1 Å². The molecule has 1 aliphatic carbocycles. The average molecular weight is 375 g/mol. The van der Waals surface area contributed by atoms with Gasteiger partial charge in [-0.1, -0.05) is 84.9 Å². The van der Waals surface area contributed by atoms with Crippen LogP contribution in [-0.2, 0) is 0 Å². The summed E-state index contributed by atoms with van der Waals surface area (Å²) in [4.78, 5) is 31.6. The molecule has 0 fully saturated rings. The summed E-state index contributed by atoms with van der Waals surface area (Å²) in [5, 5.41) is 0. The second-order valence-electron chi connectivity index (χ2n) is 7.11. The minimum Gasteiger partial charge on any atom is -0.289 e. The molecule has 1 aliphatic rings. The molecule has 0 aliphatic heterocycles. The lowest BCUT2D eigenvalue weighted by Gasteiger charge is -2.16. The lowest BCUT2D eigenvalue weighted by molar-refractivity contribution is 0.103. The van der Waals surface area contributed by atoms with Crippen molar-refractivity contribution in [1.82, 2.24) is 4.98 Å². The molecule has 0 amide bonds. The van der Waals surface area contributed by atoms with Crippen LogP contribution in [0, 0.1) is 6.92 Å². The molecule has 1 aromatic heterocycles. The number of carbonyl (C=O) groups is 2. The SMILES string of the molecule is Cc1nc2c(c(-c3ccccc3)c1C(=O)c1ccccc1)C(=O)c1ccccc1-2. The molecule has 0 bridgehead atoms. The monoisotopic (exact) mass is 375 g/mol. The van der Waals surface area contributed by atoms with Crippen molar-refractivity contribution < 1.29 is 9.59 Å². The molecule has 138 valence electrons. The number of ketones is 2. The lowest BCUT2D eigenvalue weighted by Crippen LogP contribution is -2.12. The summed E-state index contributed by atoms with van der Waals surface area (Å²) in [5.41, 5.74) is 5.84. The topological polar surface area (TPSA) is 47.0 Å². The molecule has 5 rings (SSSR count). The summed E-state index contributed by atoms with van der Waals surface area (Å²) in [6.45, 7) is 1.84. The Morgan fingerprint density at radius 3 is 2.00 bits per heavy atom. The second kappa shape index (κ2) is 6.64. The Hall–Kier alpha value is -3.85. The first kappa shape index (κ1) is 17.3. The highest BCUT2D eigenvalue weighted by atomic mass is 16.1. The molecule has 0 saturated heterocycles. The third-order valence-electron chi connectivity index (χ3n) is 5.36. The second-order valence-corrected chi connectivity index (χ2v) is 7.11. The molecule has 0 radical (unpaired) electrons. The van der Waals surface area contributed by atoms with E-state index in [1.807, 2.05) is 79.7 Å². The third kappa shape index (κ3) is 2.63. The average Bonchev–Trinajstić information content (AvgIpc) is 3.05. The number of pyridine rings is 1. The quantitative estimate of drug-likeness (QED) is 0.391. The number of hydrogen-bond acceptors (Lipinski definition) is 3. The minimum atomic E-state index is -0.124. The van der Waals surface area contributed by atoms with Gasteiger partial charge in [0.25, 0.3) is 0 Å². The Morgan fingerprint density at radius 2 is 1.31 bits per heavy atom. The van der Waals surface area contributed by atoms with Crippen LogP contribution in [0.4, 0.5) is 0 Å². The van der Waals surface area contributed by atoms with Crippen LogP contribution in [0.2, 0.25) is 0 Å². The smallest absolute Gasteiger partial charge is 0.196 e.